The number of hydrogen-bond donors (Lipinski definition) is 2. The number of anilines is 2. The van der Waals surface area contributed by atoms with E-state index >= 15 is 0 Å². The number of hydrogen-bond acceptors (Lipinski definition) is 9. The Kier molecular flexibility index (Phi) is 8.85. The van der Waals surface area contributed by atoms with E-state index in [0.717, 1.165) is 55.1 Å². The van der Waals surface area contributed by atoms with Crippen LogP contribution >= 0.6 is 0 Å². The van der Waals surface area contributed by atoms with Gasteiger partial charge >= 0.3 is 0 Å². The average molecular weight is 565 g/mol. The smallest absolute Gasteiger partial charge is 0.256 e. The van der Waals surface area contributed by atoms with Crippen LogP contribution in [0.15, 0.2) is 65.9 Å². The molecule has 0 spiro atoms. The molecule has 0 radical (unpaired) electrons. The molecule has 1 fully saturated rings. The summed E-state index contributed by atoms with van der Waals surface area (Å²) in [5.41, 5.74) is 11.9. The predicted molar refractivity (Wildman–Crippen MR) is 166 cm³/mol. The first kappa shape index (κ1) is 28.8. The number of carbonyl (C=O) groups excluding carboxylic acids is 1. The molecule has 2 aromatic heterocycles. The van der Waals surface area contributed by atoms with Crippen LogP contribution in [-0.4, -0.2) is 77.1 Å². The summed E-state index contributed by atoms with van der Waals surface area (Å²) >= 11 is 0. The van der Waals surface area contributed by atoms with Crippen molar-refractivity contribution in [3.63, 3.8) is 0 Å². The summed E-state index contributed by atoms with van der Waals surface area (Å²) in [4.78, 5) is 35.4. The maximum absolute atomic E-state index is 13.4. The number of aromatic nitrogens is 3. The Balaban J connectivity index is 1.34. The van der Waals surface area contributed by atoms with E-state index in [-0.39, 0.29) is 17.6 Å². The topological polar surface area (TPSA) is 122 Å². The Morgan fingerprint density at radius 2 is 1.79 bits per heavy atom. The first-order chi connectivity index (χ1) is 20.3. The molecule has 0 aliphatic carbocycles. The van der Waals surface area contributed by atoms with Crippen molar-refractivity contribution in [1.29, 1.82) is 0 Å². The van der Waals surface area contributed by atoms with Crippen molar-refractivity contribution < 1.29 is 9.53 Å². The molecule has 2 aromatic carbocycles. The number of nitrogen functional groups attached to an aromatic ring is 1. The van der Waals surface area contributed by atoms with Gasteiger partial charge in [0, 0.05) is 75.2 Å². The summed E-state index contributed by atoms with van der Waals surface area (Å²) in [5, 5.41) is 3.05. The van der Waals surface area contributed by atoms with Crippen molar-refractivity contribution in [2.45, 2.75) is 20.4 Å². The number of amides is 1. The van der Waals surface area contributed by atoms with E-state index in [2.05, 4.69) is 55.1 Å². The Morgan fingerprint density at radius 1 is 1.02 bits per heavy atom. The minimum absolute atomic E-state index is 0.223. The summed E-state index contributed by atoms with van der Waals surface area (Å²) in [5.74, 6) is 1.08. The van der Waals surface area contributed by atoms with Crippen molar-refractivity contribution in [3.05, 3.63) is 88.7 Å². The third-order valence-corrected chi connectivity index (χ3v) is 7.40. The first-order valence-corrected chi connectivity index (χ1v) is 13.9. The van der Waals surface area contributed by atoms with Gasteiger partial charge in [0.25, 0.3) is 5.91 Å². The van der Waals surface area contributed by atoms with E-state index in [1.807, 2.05) is 25.1 Å². The number of nitrogens with one attached hydrogen (secondary N) is 1. The van der Waals surface area contributed by atoms with E-state index in [1.165, 1.54) is 5.56 Å². The van der Waals surface area contributed by atoms with Crippen LogP contribution in [0.25, 0.3) is 11.4 Å². The van der Waals surface area contributed by atoms with Gasteiger partial charge < -0.3 is 20.7 Å². The minimum Gasteiger partial charge on any atom is -0.438 e. The number of aliphatic imine (C=N–C) groups is 1. The molecule has 4 aromatic rings. The number of nitrogens with two attached hydrogens (primary N) is 1. The number of aryl methyl sites for hydroxylation is 2. The SMILES string of the molecule is CN=Cc1c(N)nc(-c2ccncc2)nc1Oc1ccc(C)c(C(=O)Nc2ccc(CN3CCN(C)CC3)c(C)c2)c1. The van der Waals surface area contributed by atoms with Crippen LogP contribution in [0.4, 0.5) is 11.5 Å². The lowest BCUT2D eigenvalue weighted by atomic mass is 10.1. The summed E-state index contributed by atoms with van der Waals surface area (Å²) in [7, 11) is 3.79. The maximum Gasteiger partial charge on any atom is 0.256 e. The average Bonchev–Trinajstić information content (AvgIpc) is 2.98. The van der Waals surface area contributed by atoms with Crippen molar-refractivity contribution in [3.8, 4) is 23.0 Å². The Bertz CT molecular complexity index is 1600. The van der Waals surface area contributed by atoms with Crippen LogP contribution in [0.5, 0.6) is 11.6 Å². The summed E-state index contributed by atoms with van der Waals surface area (Å²) in [6.07, 6.45) is 4.87. The van der Waals surface area contributed by atoms with Gasteiger partial charge in [0.05, 0.1) is 5.56 Å². The number of likely N-dealkylation sites (N-methyl/N-ethyl adjacent to an activating group) is 1. The number of rotatable bonds is 8. The highest BCUT2D eigenvalue weighted by atomic mass is 16.5. The molecule has 3 heterocycles. The molecule has 5 rings (SSSR count). The van der Waals surface area contributed by atoms with Gasteiger partial charge in [-0.05, 0) is 74.0 Å². The molecule has 1 saturated heterocycles. The molecule has 216 valence electrons. The third kappa shape index (κ3) is 6.79. The highest BCUT2D eigenvalue weighted by Gasteiger charge is 2.18. The lowest BCUT2D eigenvalue weighted by Gasteiger charge is -2.32. The highest BCUT2D eigenvalue weighted by Crippen LogP contribution is 2.30. The summed E-state index contributed by atoms with van der Waals surface area (Å²) < 4.78 is 6.19. The van der Waals surface area contributed by atoms with Crippen LogP contribution in [0, 0.1) is 13.8 Å². The largest absolute Gasteiger partial charge is 0.438 e. The predicted octanol–water partition coefficient (Wildman–Crippen LogP) is 4.58. The fraction of sp³-hybridized carbons (Fsp3) is 0.281. The molecule has 0 bridgehead atoms. The molecule has 0 atom stereocenters. The van der Waals surface area contributed by atoms with Crippen molar-refractivity contribution in [1.82, 2.24) is 24.8 Å². The number of piperazine rings is 1. The number of benzene rings is 2. The van der Waals surface area contributed by atoms with Crippen LogP contribution in [0.2, 0.25) is 0 Å². The van der Waals surface area contributed by atoms with Crippen molar-refractivity contribution in [2.24, 2.45) is 4.99 Å². The van der Waals surface area contributed by atoms with Crippen LogP contribution in [0.3, 0.4) is 0 Å². The zero-order valence-corrected chi connectivity index (χ0v) is 24.5. The van der Waals surface area contributed by atoms with Gasteiger partial charge in [-0.25, -0.2) is 4.98 Å². The normalized spacial score (nSPS) is 14.3. The monoisotopic (exact) mass is 564 g/mol. The van der Waals surface area contributed by atoms with Gasteiger partial charge in [-0.3, -0.25) is 19.7 Å². The van der Waals surface area contributed by atoms with Gasteiger partial charge in [-0.2, -0.15) is 4.98 Å². The van der Waals surface area contributed by atoms with Gasteiger partial charge in [0.2, 0.25) is 5.88 Å². The lowest BCUT2D eigenvalue weighted by molar-refractivity contribution is 0.102. The zero-order chi connectivity index (χ0) is 29.6. The van der Waals surface area contributed by atoms with Crippen molar-refractivity contribution in [2.75, 3.05) is 51.3 Å². The highest BCUT2D eigenvalue weighted by molar-refractivity contribution is 6.05. The fourth-order valence-corrected chi connectivity index (χ4v) is 4.84. The Morgan fingerprint density at radius 3 is 2.50 bits per heavy atom. The van der Waals surface area contributed by atoms with Gasteiger partial charge in [0.1, 0.15) is 11.6 Å². The molecule has 1 aliphatic rings. The maximum atomic E-state index is 13.4. The number of nitrogens with zero attached hydrogens (tertiary/aromatic N) is 6. The van der Waals surface area contributed by atoms with Gasteiger partial charge in [-0.15, -0.1) is 0 Å². The molecular weight excluding hydrogens is 528 g/mol. The van der Waals surface area contributed by atoms with E-state index in [4.69, 9.17) is 10.5 Å². The zero-order valence-electron chi connectivity index (χ0n) is 24.5. The van der Waals surface area contributed by atoms with Gasteiger partial charge in [-0.1, -0.05) is 12.1 Å². The summed E-state index contributed by atoms with van der Waals surface area (Å²) in [6, 6.07) is 15.0. The number of carbonyl (C=O) groups is 1. The van der Waals surface area contributed by atoms with E-state index in [9.17, 15) is 4.79 Å². The molecule has 42 heavy (non-hydrogen) atoms. The second-order valence-corrected chi connectivity index (χ2v) is 10.5. The molecule has 3 N–H and O–H groups in total. The number of pyridine rings is 1. The van der Waals surface area contributed by atoms with E-state index < -0.39 is 0 Å². The molecule has 1 amide bonds. The van der Waals surface area contributed by atoms with E-state index in [1.54, 1.807) is 49.9 Å². The standard InChI is InChI=1S/C32H36N8O2/c1-21-5-8-26(42-32-28(19-34-3)29(33)37-30(38-32)23-9-11-35-12-10-23)18-27(21)31(41)36-25-7-6-24(22(2)17-25)20-40-15-13-39(4)14-16-40/h5-12,17-19H,13-16,20H2,1-4H3,(H,36,41)(H2,33,37,38). The Labute approximate surface area is 246 Å². The molecular formula is C32H36N8O2. The fourth-order valence-electron chi connectivity index (χ4n) is 4.84. The molecule has 10 nitrogen and oxygen atoms in total. The quantitative estimate of drug-likeness (QED) is 0.298. The summed E-state index contributed by atoms with van der Waals surface area (Å²) in [6.45, 7) is 9.18. The van der Waals surface area contributed by atoms with Gasteiger partial charge in [0.15, 0.2) is 5.82 Å². The lowest BCUT2D eigenvalue weighted by Crippen LogP contribution is -2.43. The Hall–Kier alpha value is -4.67. The van der Waals surface area contributed by atoms with Crippen LogP contribution in [0.1, 0.15) is 32.6 Å². The third-order valence-electron chi connectivity index (χ3n) is 7.40. The van der Waals surface area contributed by atoms with E-state index in [0.29, 0.717) is 22.7 Å². The second-order valence-electron chi connectivity index (χ2n) is 10.5. The van der Waals surface area contributed by atoms with Crippen LogP contribution < -0.4 is 15.8 Å². The van der Waals surface area contributed by atoms with Crippen molar-refractivity contribution >= 4 is 23.6 Å². The molecule has 0 unspecified atom stereocenters. The van der Waals surface area contributed by atoms with Crippen LogP contribution in [-0.2, 0) is 6.54 Å². The number of ether oxygens (including phenoxy) is 1. The molecule has 1 aliphatic heterocycles. The minimum atomic E-state index is -0.223. The second kappa shape index (κ2) is 12.9. The first-order valence-electron chi connectivity index (χ1n) is 13.9. The molecule has 10 heteroatoms. The molecule has 0 saturated carbocycles.